The average molecular weight is 468 g/mol. The lowest BCUT2D eigenvalue weighted by Crippen LogP contribution is -2.36. The number of nitrogens with one attached hydrogen (secondary N) is 1. The van der Waals surface area contributed by atoms with Gasteiger partial charge in [-0.3, -0.25) is 0 Å². The van der Waals surface area contributed by atoms with Gasteiger partial charge < -0.3 is 19.9 Å². The van der Waals surface area contributed by atoms with Gasteiger partial charge in [0.25, 0.3) is 0 Å². The number of ether oxygens (including phenoxy) is 1. The second-order valence-corrected chi connectivity index (χ2v) is 8.30. The van der Waals surface area contributed by atoms with E-state index in [1.165, 1.54) is 0 Å². The minimum atomic E-state index is 0.473. The van der Waals surface area contributed by atoms with Crippen molar-refractivity contribution in [2.24, 2.45) is 0 Å². The van der Waals surface area contributed by atoms with Crippen LogP contribution < -0.4 is 15.1 Å². The number of anilines is 4. The van der Waals surface area contributed by atoms with Gasteiger partial charge in [0.2, 0.25) is 11.9 Å². The van der Waals surface area contributed by atoms with E-state index in [4.69, 9.17) is 9.72 Å². The number of benzene rings is 2. The summed E-state index contributed by atoms with van der Waals surface area (Å²) >= 11 is 0. The number of hydrogen-bond acceptors (Lipinski definition) is 9. The Labute approximate surface area is 203 Å². The van der Waals surface area contributed by atoms with Gasteiger partial charge in [-0.2, -0.15) is 10.2 Å². The molecule has 4 aromatic rings. The summed E-state index contributed by atoms with van der Waals surface area (Å²) in [5, 5.41) is 17.3. The second-order valence-electron chi connectivity index (χ2n) is 8.30. The molecule has 1 fully saturated rings. The van der Waals surface area contributed by atoms with Crippen molar-refractivity contribution in [2.45, 2.75) is 0 Å². The normalized spacial score (nSPS) is 13.3. The molecule has 0 radical (unpaired) electrons. The predicted molar refractivity (Wildman–Crippen MR) is 134 cm³/mol. The van der Waals surface area contributed by atoms with Crippen LogP contribution in [0.5, 0.6) is 0 Å². The Morgan fingerprint density at radius 1 is 1.00 bits per heavy atom. The lowest BCUT2D eigenvalue weighted by atomic mass is 10.1. The Morgan fingerprint density at radius 2 is 1.80 bits per heavy atom. The summed E-state index contributed by atoms with van der Waals surface area (Å²) in [6.07, 6.45) is 3.40. The molecule has 3 heterocycles. The smallest absolute Gasteiger partial charge is 0.244 e. The van der Waals surface area contributed by atoms with E-state index in [-0.39, 0.29) is 0 Å². The quantitative estimate of drug-likeness (QED) is 0.457. The summed E-state index contributed by atoms with van der Waals surface area (Å²) in [6.45, 7) is 2.96. The molecule has 0 amide bonds. The molecule has 0 saturated carbocycles. The molecule has 1 saturated heterocycles. The van der Waals surface area contributed by atoms with Crippen molar-refractivity contribution < 1.29 is 4.74 Å². The van der Waals surface area contributed by atoms with Crippen LogP contribution in [0.25, 0.3) is 16.9 Å². The molecule has 0 atom stereocenters. The van der Waals surface area contributed by atoms with Gasteiger partial charge >= 0.3 is 0 Å². The first-order valence-electron chi connectivity index (χ1n) is 11.3. The maximum atomic E-state index is 9.56. The fourth-order valence-corrected chi connectivity index (χ4v) is 3.82. The molecule has 0 unspecified atom stereocenters. The monoisotopic (exact) mass is 467 g/mol. The van der Waals surface area contributed by atoms with E-state index < -0.39 is 0 Å². The number of hydrogen-bond donors (Lipinski definition) is 1. The average Bonchev–Trinajstić information content (AvgIpc) is 3.40. The number of morpholine rings is 1. The van der Waals surface area contributed by atoms with Crippen molar-refractivity contribution in [1.29, 1.82) is 5.26 Å². The Morgan fingerprint density at radius 3 is 2.51 bits per heavy atom. The highest BCUT2D eigenvalue weighted by Crippen LogP contribution is 2.27. The molecule has 10 nitrogen and oxygen atoms in total. The molecule has 0 aliphatic carbocycles. The molecule has 35 heavy (non-hydrogen) atoms. The van der Waals surface area contributed by atoms with E-state index in [2.05, 4.69) is 37.4 Å². The number of aromatic nitrogens is 5. The molecule has 176 valence electrons. The zero-order valence-corrected chi connectivity index (χ0v) is 19.6. The standard InChI is InChI=1S/C25H25N9O/c1-32(2)25-28-17-34(31-25)21-5-3-20(4-6-21)29-24-27-8-7-23(30-24)19-13-18(16-26)14-22(15-19)33-9-11-35-12-10-33/h3-8,13-15,17H,9-12H2,1-2H3,(H,27,29,30). The molecule has 0 bridgehead atoms. The third kappa shape index (κ3) is 5.05. The predicted octanol–water partition coefficient (Wildman–Crippen LogP) is 3.24. The molecule has 5 rings (SSSR count). The van der Waals surface area contributed by atoms with E-state index in [0.717, 1.165) is 41.4 Å². The fraction of sp³-hybridized carbons (Fsp3) is 0.240. The zero-order chi connectivity index (χ0) is 24.2. The highest BCUT2D eigenvalue weighted by Gasteiger charge is 2.14. The summed E-state index contributed by atoms with van der Waals surface area (Å²) in [6, 6.07) is 17.7. The van der Waals surface area contributed by atoms with Crippen molar-refractivity contribution in [1.82, 2.24) is 24.7 Å². The van der Waals surface area contributed by atoms with Crippen LogP contribution in [-0.2, 0) is 4.74 Å². The summed E-state index contributed by atoms with van der Waals surface area (Å²) in [5.41, 5.74) is 4.95. The van der Waals surface area contributed by atoms with Crippen LogP contribution in [0.3, 0.4) is 0 Å². The van der Waals surface area contributed by atoms with E-state index in [1.807, 2.05) is 61.5 Å². The Balaban J connectivity index is 1.36. The van der Waals surface area contributed by atoms with Gasteiger partial charge in [0.15, 0.2) is 0 Å². The largest absolute Gasteiger partial charge is 0.378 e. The van der Waals surface area contributed by atoms with Crippen molar-refractivity contribution in [3.63, 3.8) is 0 Å². The fourth-order valence-electron chi connectivity index (χ4n) is 3.82. The SMILES string of the molecule is CN(C)c1ncn(-c2ccc(Nc3nccc(-c4cc(C#N)cc(N5CCOCC5)c4)n3)cc2)n1. The number of rotatable bonds is 6. The van der Waals surface area contributed by atoms with Gasteiger partial charge in [-0.15, -0.1) is 5.10 Å². The van der Waals surface area contributed by atoms with Crippen molar-refractivity contribution in [3.8, 4) is 23.0 Å². The summed E-state index contributed by atoms with van der Waals surface area (Å²) in [4.78, 5) is 17.4. The molecule has 1 aliphatic heterocycles. The van der Waals surface area contributed by atoms with Crippen LogP contribution in [0.2, 0.25) is 0 Å². The van der Waals surface area contributed by atoms with Crippen molar-refractivity contribution >= 4 is 23.3 Å². The topological polar surface area (TPSA) is 108 Å². The van der Waals surface area contributed by atoms with Crippen LogP contribution in [0, 0.1) is 11.3 Å². The number of nitrogens with zero attached hydrogens (tertiary/aromatic N) is 8. The second kappa shape index (κ2) is 9.79. The molecule has 0 spiro atoms. The Hall–Kier alpha value is -4.49. The highest BCUT2D eigenvalue weighted by molar-refractivity contribution is 5.70. The van der Waals surface area contributed by atoms with Gasteiger partial charge in [0.05, 0.1) is 36.2 Å². The van der Waals surface area contributed by atoms with Gasteiger partial charge in [0.1, 0.15) is 6.33 Å². The van der Waals surface area contributed by atoms with E-state index in [0.29, 0.717) is 30.7 Å². The van der Waals surface area contributed by atoms with E-state index in [9.17, 15) is 5.26 Å². The molecule has 10 heteroatoms. The minimum absolute atomic E-state index is 0.473. The minimum Gasteiger partial charge on any atom is -0.378 e. The first-order valence-corrected chi connectivity index (χ1v) is 11.3. The Kier molecular flexibility index (Phi) is 6.24. The lowest BCUT2D eigenvalue weighted by Gasteiger charge is -2.29. The molecule has 1 N–H and O–H groups in total. The third-order valence-corrected chi connectivity index (χ3v) is 5.64. The van der Waals surface area contributed by atoms with E-state index in [1.54, 1.807) is 17.2 Å². The molecular weight excluding hydrogens is 442 g/mol. The maximum absolute atomic E-state index is 9.56. The molecule has 2 aromatic heterocycles. The third-order valence-electron chi connectivity index (χ3n) is 5.64. The first kappa shape index (κ1) is 22.3. The summed E-state index contributed by atoms with van der Waals surface area (Å²) < 4.78 is 7.19. The summed E-state index contributed by atoms with van der Waals surface area (Å²) in [7, 11) is 3.81. The van der Waals surface area contributed by atoms with Crippen molar-refractivity contribution in [3.05, 3.63) is 66.6 Å². The van der Waals surface area contributed by atoms with Crippen molar-refractivity contribution in [2.75, 3.05) is 55.5 Å². The summed E-state index contributed by atoms with van der Waals surface area (Å²) in [5.74, 6) is 1.12. The maximum Gasteiger partial charge on any atom is 0.244 e. The van der Waals surface area contributed by atoms with Gasteiger partial charge in [-0.1, -0.05) is 0 Å². The molecule has 2 aromatic carbocycles. The highest BCUT2D eigenvalue weighted by atomic mass is 16.5. The van der Waals surface area contributed by atoms with Gasteiger partial charge in [0, 0.05) is 50.3 Å². The van der Waals surface area contributed by atoms with Gasteiger partial charge in [-0.25, -0.2) is 14.6 Å². The van der Waals surface area contributed by atoms with Crippen LogP contribution in [0.4, 0.5) is 23.3 Å². The van der Waals surface area contributed by atoms with E-state index >= 15 is 0 Å². The Bertz CT molecular complexity index is 1350. The van der Waals surface area contributed by atoms with Crippen LogP contribution >= 0.6 is 0 Å². The van der Waals surface area contributed by atoms with Crippen LogP contribution in [0.1, 0.15) is 5.56 Å². The van der Waals surface area contributed by atoms with Gasteiger partial charge in [-0.05, 0) is 48.5 Å². The molecular formula is C25H25N9O. The van der Waals surface area contributed by atoms with Crippen LogP contribution in [0.15, 0.2) is 61.1 Å². The van der Waals surface area contributed by atoms with Crippen LogP contribution in [-0.4, -0.2) is 65.1 Å². The number of nitriles is 1. The first-order chi connectivity index (χ1) is 17.1. The lowest BCUT2D eigenvalue weighted by molar-refractivity contribution is 0.122. The zero-order valence-electron chi connectivity index (χ0n) is 19.6. The molecule has 1 aliphatic rings.